The molecule has 0 amide bonds. The fourth-order valence-corrected chi connectivity index (χ4v) is 3.65. The van der Waals surface area contributed by atoms with E-state index in [1.165, 1.54) is 24.3 Å². The van der Waals surface area contributed by atoms with Gasteiger partial charge in [0.1, 0.15) is 23.0 Å². The zero-order valence-electron chi connectivity index (χ0n) is 13.8. The molecule has 0 unspecified atom stereocenters. The molecular weight excluding hydrogens is 352 g/mol. The Labute approximate surface area is 153 Å². The van der Waals surface area contributed by atoms with Crippen molar-refractivity contribution in [1.29, 1.82) is 0 Å². The van der Waals surface area contributed by atoms with Crippen molar-refractivity contribution in [2.75, 3.05) is 0 Å². The number of benzene rings is 3. The average Bonchev–Trinajstić information content (AvgIpc) is 2.97. The highest BCUT2D eigenvalue weighted by molar-refractivity contribution is 5.97. The van der Waals surface area contributed by atoms with Gasteiger partial charge in [-0.15, -0.1) is 0 Å². The molecule has 2 heterocycles. The quantitative estimate of drug-likeness (QED) is 0.272. The standard InChI is InChI=1S/C20H12O5.H2O2/c21-11-5-7-15-17(9-11)24-18-10-12(22)6-8-16(18)20(15)14-4-2-1-3-13(14)19(23)25-20;1-2/h1-10,21-22H;1-2H. The van der Waals surface area contributed by atoms with Gasteiger partial charge in [0.2, 0.25) is 0 Å². The molecule has 2 aliphatic rings. The number of phenolic OH excluding ortho intramolecular Hbond substituents is 2. The normalized spacial score (nSPS) is 14.8. The minimum absolute atomic E-state index is 0.0371. The molecule has 3 aromatic carbocycles. The maximum Gasteiger partial charge on any atom is 0.340 e. The van der Waals surface area contributed by atoms with E-state index in [4.69, 9.17) is 20.0 Å². The summed E-state index contributed by atoms with van der Waals surface area (Å²) in [4.78, 5) is 12.5. The van der Waals surface area contributed by atoms with E-state index in [0.29, 0.717) is 33.8 Å². The Morgan fingerprint density at radius 1 is 0.741 bits per heavy atom. The van der Waals surface area contributed by atoms with Crippen molar-refractivity contribution < 1.29 is 35.0 Å². The van der Waals surface area contributed by atoms with Gasteiger partial charge >= 0.3 is 5.97 Å². The van der Waals surface area contributed by atoms with Crippen LogP contribution >= 0.6 is 0 Å². The van der Waals surface area contributed by atoms with Crippen LogP contribution in [0.15, 0.2) is 60.7 Å². The second kappa shape index (κ2) is 6.01. The van der Waals surface area contributed by atoms with Crippen molar-refractivity contribution in [2.24, 2.45) is 0 Å². The highest BCUT2D eigenvalue weighted by Gasteiger charge is 2.53. The van der Waals surface area contributed by atoms with Crippen LogP contribution in [0.3, 0.4) is 0 Å². The topological polar surface area (TPSA) is 116 Å². The maximum atomic E-state index is 12.5. The zero-order chi connectivity index (χ0) is 19.2. The Hall–Kier alpha value is -3.55. The van der Waals surface area contributed by atoms with Gasteiger partial charge in [-0.3, -0.25) is 10.5 Å². The molecule has 0 aliphatic carbocycles. The number of carbonyl (C=O) groups is 1. The van der Waals surface area contributed by atoms with E-state index in [2.05, 4.69) is 0 Å². The number of aromatic hydroxyl groups is 2. The summed E-state index contributed by atoms with van der Waals surface area (Å²) in [6, 6.07) is 16.6. The van der Waals surface area contributed by atoms with E-state index < -0.39 is 11.6 Å². The lowest BCUT2D eigenvalue weighted by Crippen LogP contribution is -2.32. The Balaban J connectivity index is 0.000000872. The third-order valence-electron chi connectivity index (χ3n) is 4.68. The molecule has 0 saturated carbocycles. The SMILES string of the molecule is O=C1OC2(c3ccc(O)cc3Oc3cc(O)ccc32)c2ccccc21.OO. The Morgan fingerprint density at radius 2 is 1.30 bits per heavy atom. The van der Waals surface area contributed by atoms with Crippen LogP contribution in [0.25, 0.3) is 0 Å². The predicted octanol–water partition coefficient (Wildman–Crippen LogP) is 3.68. The summed E-state index contributed by atoms with van der Waals surface area (Å²) in [5.41, 5.74) is 1.28. The molecule has 4 N–H and O–H groups in total. The minimum Gasteiger partial charge on any atom is -0.508 e. The lowest BCUT2D eigenvalue weighted by molar-refractivity contribution is -0.176. The first-order valence-electron chi connectivity index (χ1n) is 7.97. The average molecular weight is 366 g/mol. The summed E-state index contributed by atoms with van der Waals surface area (Å²) in [7, 11) is 0. The van der Waals surface area contributed by atoms with Crippen LogP contribution in [0.5, 0.6) is 23.0 Å². The summed E-state index contributed by atoms with van der Waals surface area (Å²) in [6.07, 6.45) is 0. The highest BCUT2D eigenvalue weighted by atomic mass is 17.0. The summed E-state index contributed by atoms with van der Waals surface area (Å²) in [6.45, 7) is 0. The number of ether oxygens (including phenoxy) is 2. The second-order valence-corrected chi connectivity index (χ2v) is 6.08. The Bertz CT molecular complexity index is 1010. The molecule has 136 valence electrons. The first kappa shape index (κ1) is 16.9. The van der Waals surface area contributed by atoms with Crippen LogP contribution < -0.4 is 4.74 Å². The van der Waals surface area contributed by atoms with E-state index in [1.807, 2.05) is 12.1 Å². The summed E-state index contributed by atoms with van der Waals surface area (Å²) >= 11 is 0. The Kier molecular flexibility index (Phi) is 3.76. The number of fused-ring (bicyclic) bond motifs is 6. The van der Waals surface area contributed by atoms with Crippen molar-refractivity contribution in [3.05, 3.63) is 82.9 Å². The maximum absolute atomic E-state index is 12.5. The molecule has 5 rings (SSSR count). The van der Waals surface area contributed by atoms with Crippen molar-refractivity contribution >= 4 is 5.97 Å². The van der Waals surface area contributed by atoms with Gasteiger partial charge in [0, 0.05) is 28.8 Å². The molecule has 7 nitrogen and oxygen atoms in total. The highest BCUT2D eigenvalue weighted by Crippen LogP contribution is 2.56. The molecule has 0 saturated heterocycles. The molecule has 0 radical (unpaired) electrons. The molecule has 0 bridgehead atoms. The number of carbonyl (C=O) groups excluding carboxylic acids is 1. The van der Waals surface area contributed by atoms with Crippen molar-refractivity contribution in [2.45, 2.75) is 5.60 Å². The van der Waals surface area contributed by atoms with Crippen LogP contribution in [0.1, 0.15) is 27.0 Å². The number of phenols is 2. The molecule has 7 heteroatoms. The number of esters is 1. The van der Waals surface area contributed by atoms with Crippen molar-refractivity contribution in [3.63, 3.8) is 0 Å². The number of hydrogen-bond donors (Lipinski definition) is 4. The van der Waals surface area contributed by atoms with Gasteiger partial charge in [-0.25, -0.2) is 4.79 Å². The van der Waals surface area contributed by atoms with Crippen molar-refractivity contribution in [3.8, 4) is 23.0 Å². The third-order valence-corrected chi connectivity index (χ3v) is 4.68. The lowest BCUT2D eigenvalue weighted by Gasteiger charge is -2.36. The second-order valence-electron chi connectivity index (χ2n) is 6.08. The molecule has 0 atom stereocenters. The number of rotatable bonds is 0. The van der Waals surface area contributed by atoms with Crippen LogP contribution in [0, 0.1) is 0 Å². The van der Waals surface area contributed by atoms with Gasteiger partial charge in [-0.05, 0) is 30.3 Å². The van der Waals surface area contributed by atoms with Crippen LogP contribution in [-0.4, -0.2) is 26.7 Å². The van der Waals surface area contributed by atoms with Crippen molar-refractivity contribution in [1.82, 2.24) is 0 Å². The Morgan fingerprint density at radius 3 is 1.89 bits per heavy atom. The molecule has 1 spiro atoms. The molecule has 3 aromatic rings. The summed E-state index contributed by atoms with van der Waals surface area (Å²) in [5.74, 6) is 0.408. The van der Waals surface area contributed by atoms with Crippen LogP contribution in [-0.2, 0) is 10.3 Å². The fraction of sp³-hybridized carbons (Fsp3) is 0.0500. The molecule has 2 aliphatic heterocycles. The monoisotopic (exact) mass is 366 g/mol. The molecular formula is C20H14O7. The van der Waals surface area contributed by atoms with Gasteiger partial charge in [0.05, 0.1) is 5.56 Å². The van der Waals surface area contributed by atoms with Gasteiger partial charge in [-0.1, -0.05) is 18.2 Å². The molecule has 0 fully saturated rings. The van der Waals surface area contributed by atoms with Crippen LogP contribution in [0.4, 0.5) is 0 Å². The smallest absolute Gasteiger partial charge is 0.340 e. The van der Waals surface area contributed by atoms with E-state index in [9.17, 15) is 15.0 Å². The van der Waals surface area contributed by atoms with E-state index in [0.717, 1.165) is 0 Å². The summed E-state index contributed by atoms with van der Waals surface area (Å²) < 4.78 is 11.8. The fourth-order valence-electron chi connectivity index (χ4n) is 3.65. The molecule has 0 aromatic heterocycles. The van der Waals surface area contributed by atoms with Crippen LogP contribution in [0.2, 0.25) is 0 Å². The first-order chi connectivity index (χ1) is 13.1. The van der Waals surface area contributed by atoms with E-state index in [-0.39, 0.29) is 11.5 Å². The molecule has 27 heavy (non-hydrogen) atoms. The zero-order valence-corrected chi connectivity index (χ0v) is 13.8. The van der Waals surface area contributed by atoms with Gasteiger partial charge in [0.15, 0.2) is 5.60 Å². The predicted molar refractivity (Wildman–Crippen MR) is 93.3 cm³/mol. The summed E-state index contributed by atoms with van der Waals surface area (Å²) in [5, 5.41) is 31.7. The van der Waals surface area contributed by atoms with Gasteiger partial charge in [0.25, 0.3) is 0 Å². The first-order valence-corrected chi connectivity index (χ1v) is 7.97. The lowest BCUT2D eigenvalue weighted by atomic mass is 9.77. The van der Waals surface area contributed by atoms with Gasteiger partial charge < -0.3 is 19.7 Å². The van der Waals surface area contributed by atoms with Gasteiger partial charge in [-0.2, -0.15) is 0 Å². The van der Waals surface area contributed by atoms with E-state index >= 15 is 0 Å². The minimum atomic E-state index is -1.17. The largest absolute Gasteiger partial charge is 0.508 e. The number of hydrogen-bond acceptors (Lipinski definition) is 7. The third kappa shape index (κ3) is 2.26. The van der Waals surface area contributed by atoms with E-state index in [1.54, 1.807) is 24.3 Å².